The maximum Gasteiger partial charge on any atom is 0.236 e. The molecule has 1 saturated heterocycles. The first-order valence-corrected chi connectivity index (χ1v) is 5.91. The number of nitrogens with one attached hydrogen (secondary N) is 1. The second-order valence-corrected chi connectivity index (χ2v) is 4.50. The Morgan fingerprint density at radius 2 is 2.12 bits per heavy atom. The third-order valence-electron chi connectivity index (χ3n) is 3.11. The molecule has 92 valence electrons. The van der Waals surface area contributed by atoms with Crippen LogP contribution in [0.15, 0.2) is 12.7 Å². The summed E-state index contributed by atoms with van der Waals surface area (Å²) in [5.74, 6) is 0.207. The zero-order valence-corrected chi connectivity index (χ0v) is 10.4. The molecule has 0 aromatic heterocycles. The molecule has 16 heavy (non-hydrogen) atoms. The summed E-state index contributed by atoms with van der Waals surface area (Å²) in [7, 11) is 4.21. The van der Waals surface area contributed by atoms with Gasteiger partial charge in [0.15, 0.2) is 0 Å². The van der Waals surface area contributed by atoms with Crippen molar-refractivity contribution in [1.29, 1.82) is 0 Å². The SMILES string of the molecule is C=CCNCC(=O)N1CCC(N(C)C)CC1. The van der Waals surface area contributed by atoms with Crippen LogP contribution in [0.1, 0.15) is 12.8 Å². The molecular formula is C12H23N3O. The number of hydrogen-bond acceptors (Lipinski definition) is 3. The minimum absolute atomic E-state index is 0.207. The van der Waals surface area contributed by atoms with E-state index >= 15 is 0 Å². The van der Waals surface area contributed by atoms with E-state index in [-0.39, 0.29) is 5.91 Å². The second-order valence-electron chi connectivity index (χ2n) is 4.50. The van der Waals surface area contributed by atoms with Gasteiger partial charge in [0.2, 0.25) is 5.91 Å². The van der Waals surface area contributed by atoms with Crippen LogP contribution in [0.4, 0.5) is 0 Å². The highest BCUT2D eigenvalue weighted by atomic mass is 16.2. The molecule has 1 fully saturated rings. The first kappa shape index (κ1) is 13.2. The van der Waals surface area contributed by atoms with Crippen molar-refractivity contribution in [3.8, 4) is 0 Å². The molecule has 0 atom stereocenters. The molecule has 1 aliphatic heterocycles. The lowest BCUT2D eigenvalue weighted by atomic mass is 10.0. The Bertz CT molecular complexity index is 232. The molecule has 0 saturated carbocycles. The quantitative estimate of drug-likeness (QED) is 0.540. The highest BCUT2D eigenvalue weighted by molar-refractivity contribution is 5.78. The lowest BCUT2D eigenvalue weighted by Gasteiger charge is -2.35. The second kappa shape index (κ2) is 6.66. The van der Waals surface area contributed by atoms with Gasteiger partial charge in [-0.05, 0) is 26.9 Å². The summed E-state index contributed by atoms with van der Waals surface area (Å²) in [5.41, 5.74) is 0. The van der Waals surface area contributed by atoms with Gasteiger partial charge in [0.1, 0.15) is 0 Å². The normalized spacial score (nSPS) is 17.8. The number of carbonyl (C=O) groups excluding carboxylic acids is 1. The molecule has 1 aliphatic rings. The first-order valence-electron chi connectivity index (χ1n) is 5.91. The molecule has 4 nitrogen and oxygen atoms in total. The van der Waals surface area contributed by atoms with Gasteiger partial charge in [-0.1, -0.05) is 6.08 Å². The van der Waals surface area contributed by atoms with Crippen LogP contribution in [-0.2, 0) is 4.79 Å². The van der Waals surface area contributed by atoms with E-state index in [2.05, 4.69) is 30.9 Å². The molecule has 0 aliphatic carbocycles. The summed E-state index contributed by atoms with van der Waals surface area (Å²) in [4.78, 5) is 16.0. The van der Waals surface area contributed by atoms with E-state index in [9.17, 15) is 4.79 Å². The van der Waals surface area contributed by atoms with E-state index in [1.54, 1.807) is 6.08 Å². The van der Waals surface area contributed by atoms with Gasteiger partial charge in [0.25, 0.3) is 0 Å². The van der Waals surface area contributed by atoms with E-state index in [1.807, 2.05) is 4.90 Å². The molecule has 0 radical (unpaired) electrons. The number of carbonyl (C=O) groups is 1. The fourth-order valence-corrected chi connectivity index (χ4v) is 2.02. The highest BCUT2D eigenvalue weighted by Crippen LogP contribution is 2.13. The van der Waals surface area contributed by atoms with Crippen molar-refractivity contribution in [2.45, 2.75) is 18.9 Å². The maximum atomic E-state index is 11.8. The molecule has 1 N–H and O–H groups in total. The van der Waals surface area contributed by atoms with Crippen LogP contribution < -0.4 is 5.32 Å². The van der Waals surface area contributed by atoms with Gasteiger partial charge in [-0.3, -0.25) is 4.79 Å². The van der Waals surface area contributed by atoms with E-state index in [0.29, 0.717) is 19.1 Å². The maximum absolute atomic E-state index is 11.8. The molecule has 1 heterocycles. The van der Waals surface area contributed by atoms with Crippen LogP contribution in [0, 0.1) is 0 Å². The Labute approximate surface area is 98.3 Å². The van der Waals surface area contributed by atoms with Crippen LogP contribution in [0.5, 0.6) is 0 Å². The molecule has 1 rings (SSSR count). The third-order valence-corrected chi connectivity index (χ3v) is 3.11. The van der Waals surface area contributed by atoms with Crippen molar-refractivity contribution in [3.05, 3.63) is 12.7 Å². The van der Waals surface area contributed by atoms with Gasteiger partial charge in [0, 0.05) is 25.7 Å². The fraction of sp³-hybridized carbons (Fsp3) is 0.750. The van der Waals surface area contributed by atoms with Crippen molar-refractivity contribution in [3.63, 3.8) is 0 Å². The largest absolute Gasteiger partial charge is 0.341 e. The standard InChI is InChI=1S/C12H23N3O/c1-4-7-13-10-12(16)15-8-5-11(6-9-15)14(2)3/h4,11,13H,1,5-10H2,2-3H3. The predicted octanol–water partition coefficient (Wildman–Crippen LogP) is 0.315. The Hall–Kier alpha value is -0.870. The Morgan fingerprint density at radius 1 is 1.50 bits per heavy atom. The first-order chi connectivity index (χ1) is 7.65. The lowest BCUT2D eigenvalue weighted by molar-refractivity contribution is -0.131. The van der Waals surface area contributed by atoms with Crippen molar-refractivity contribution in [2.24, 2.45) is 0 Å². The van der Waals surface area contributed by atoms with Crippen molar-refractivity contribution in [1.82, 2.24) is 15.1 Å². The van der Waals surface area contributed by atoms with E-state index < -0.39 is 0 Å². The molecule has 0 aromatic carbocycles. The summed E-state index contributed by atoms with van der Waals surface area (Å²) in [6, 6.07) is 0.630. The number of amides is 1. The molecule has 0 bridgehead atoms. The average Bonchev–Trinajstić information content (AvgIpc) is 2.29. The van der Waals surface area contributed by atoms with Gasteiger partial charge in [-0.15, -0.1) is 6.58 Å². The topological polar surface area (TPSA) is 35.6 Å². The molecule has 0 unspecified atom stereocenters. The van der Waals surface area contributed by atoms with E-state index in [0.717, 1.165) is 25.9 Å². The predicted molar refractivity (Wildman–Crippen MR) is 66.4 cm³/mol. The summed E-state index contributed by atoms with van der Waals surface area (Å²) in [6.07, 6.45) is 3.94. The van der Waals surface area contributed by atoms with Crippen LogP contribution in [-0.4, -0.2) is 62.0 Å². The minimum Gasteiger partial charge on any atom is -0.341 e. The fourth-order valence-electron chi connectivity index (χ4n) is 2.02. The monoisotopic (exact) mass is 225 g/mol. The Morgan fingerprint density at radius 3 is 2.62 bits per heavy atom. The average molecular weight is 225 g/mol. The van der Waals surface area contributed by atoms with Gasteiger partial charge < -0.3 is 15.1 Å². The summed E-state index contributed by atoms with van der Waals surface area (Å²) in [6.45, 7) is 6.50. The smallest absolute Gasteiger partial charge is 0.236 e. The number of nitrogens with zero attached hydrogens (tertiary/aromatic N) is 2. The van der Waals surface area contributed by atoms with E-state index in [1.165, 1.54) is 0 Å². The number of piperidine rings is 1. The van der Waals surface area contributed by atoms with Crippen LogP contribution in [0.3, 0.4) is 0 Å². The number of rotatable bonds is 5. The molecule has 0 aromatic rings. The number of likely N-dealkylation sites (tertiary alicyclic amines) is 1. The highest BCUT2D eigenvalue weighted by Gasteiger charge is 2.23. The Balaban J connectivity index is 2.24. The van der Waals surface area contributed by atoms with Crippen molar-refractivity contribution in [2.75, 3.05) is 40.3 Å². The third kappa shape index (κ3) is 3.94. The van der Waals surface area contributed by atoms with Gasteiger partial charge in [-0.2, -0.15) is 0 Å². The Kier molecular flexibility index (Phi) is 5.49. The van der Waals surface area contributed by atoms with Crippen LogP contribution in [0.25, 0.3) is 0 Å². The molecule has 4 heteroatoms. The van der Waals surface area contributed by atoms with Crippen molar-refractivity contribution < 1.29 is 4.79 Å². The van der Waals surface area contributed by atoms with Crippen LogP contribution in [0.2, 0.25) is 0 Å². The molecular weight excluding hydrogens is 202 g/mol. The van der Waals surface area contributed by atoms with Crippen LogP contribution >= 0.6 is 0 Å². The zero-order valence-electron chi connectivity index (χ0n) is 10.4. The molecule has 0 spiro atoms. The molecule has 1 amide bonds. The minimum atomic E-state index is 0.207. The van der Waals surface area contributed by atoms with Gasteiger partial charge in [-0.25, -0.2) is 0 Å². The lowest BCUT2D eigenvalue weighted by Crippen LogP contribution is -2.47. The number of hydrogen-bond donors (Lipinski definition) is 1. The zero-order chi connectivity index (χ0) is 12.0. The van der Waals surface area contributed by atoms with E-state index in [4.69, 9.17) is 0 Å². The summed E-state index contributed by atoms with van der Waals surface area (Å²) in [5, 5.41) is 3.05. The summed E-state index contributed by atoms with van der Waals surface area (Å²) >= 11 is 0. The van der Waals surface area contributed by atoms with Crippen molar-refractivity contribution >= 4 is 5.91 Å². The van der Waals surface area contributed by atoms with Gasteiger partial charge in [0.05, 0.1) is 6.54 Å². The van der Waals surface area contributed by atoms with Gasteiger partial charge >= 0.3 is 0 Å². The summed E-state index contributed by atoms with van der Waals surface area (Å²) < 4.78 is 0.